The Labute approximate surface area is 180 Å². The second-order valence-electron chi connectivity index (χ2n) is 8.21. The zero-order valence-corrected chi connectivity index (χ0v) is 17.7. The van der Waals surface area contributed by atoms with Gasteiger partial charge in [0.2, 0.25) is 0 Å². The number of benzene rings is 1. The standard InChI is InChI=1S/C24H23N7/c1-16-14-25-17(2)24-27-23(28-31(16)24)19-8-11-30-15-21(26-22(30)13-19)18-6-5-7-20(12-18)29-9-3-4-10-29/h5-8,11-15H,3-4,9-10H2,1-2H3. The van der Waals surface area contributed by atoms with Gasteiger partial charge in [0.1, 0.15) is 5.65 Å². The molecule has 0 saturated carbocycles. The Morgan fingerprint density at radius 1 is 0.935 bits per heavy atom. The summed E-state index contributed by atoms with van der Waals surface area (Å²) >= 11 is 0. The predicted octanol–water partition coefficient (Wildman–Crippen LogP) is 4.32. The van der Waals surface area contributed by atoms with E-state index in [0.29, 0.717) is 5.82 Å². The van der Waals surface area contributed by atoms with E-state index in [-0.39, 0.29) is 0 Å². The number of pyridine rings is 1. The van der Waals surface area contributed by atoms with Gasteiger partial charge in [-0.2, -0.15) is 0 Å². The molecule has 7 nitrogen and oxygen atoms in total. The fourth-order valence-corrected chi connectivity index (χ4v) is 4.31. The number of fused-ring (bicyclic) bond motifs is 2. The van der Waals surface area contributed by atoms with E-state index >= 15 is 0 Å². The van der Waals surface area contributed by atoms with Crippen LogP contribution in [0.3, 0.4) is 0 Å². The number of imidazole rings is 1. The second-order valence-corrected chi connectivity index (χ2v) is 8.21. The van der Waals surface area contributed by atoms with Crippen molar-refractivity contribution < 1.29 is 0 Å². The maximum absolute atomic E-state index is 4.90. The van der Waals surface area contributed by atoms with Crippen LogP contribution in [0.25, 0.3) is 33.9 Å². The van der Waals surface area contributed by atoms with Gasteiger partial charge >= 0.3 is 0 Å². The molecule has 154 valence electrons. The van der Waals surface area contributed by atoms with Gasteiger partial charge in [-0.1, -0.05) is 12.1 Å². The Morgan fingerprint density at radius 3 is 2.65 bits per heavy atom. The van der Waals surface area contributed by atoms with E-state index in [4.69, 9.17) is 15.1 Å². The molecule has 0 atom stereocenters. The first-order valence-electron chi connectivity index (χ1n) is 10.7. The highest BCUT2D eigenvalue weighted by atomic mass is 15.3. The van der Waals surface area contributed by atoms with Crippen molar-refractivity contribution in [2.24, 2.45) is 0 Å². The summed E-state index contributed by atoms with van der Waals surface area (Å²) in [5.41, 5.74) is 7.82. The lowest BCUT2D eigenvalue weighted by Gasteiger charge is -2.17. The highest BCUT2D eigenvalue weighted by Crippen LogP contribution is 2.28. The molecule has 0 N–H and O–H groups in total. The van der Waals surface area contributed by atoms with Gasteiger partial charge in [0.25, 0.3) is 0 Å². The Hall–Kier alpha value is -3.74. The second kappa shape index (κ2) is 6.91. The van der Waals surface area contributed by atoms with Gasteiger partial charge in [0.05, 0.1) is 17.1 Å². The van der Waals surface area contributed by atoms with Crippen LogP contribution in [-0.2, 0) is 0 Å². The van der Waals surface area contributed by atoms with Crippen LogP contribution in [0.5, 0.6) is 0 Å². The molecule has 5 heterocycles. The highest BCUT2D eigenvalue weighted by Gasteiger charge is 2.15. The molecular formula is C24H23N7. The number of aryl methyl sites for hydroxylation is 2. The number of aromatic nitrogens is 6. The highest BCUT2D eigenvalue weighted by molar-refractivity contribution is 5.70. The third-order valence-corrected chi connectivity index (χ3v) is 6.04. The van der Waals surface area contributed by atoms with Gasteiger partial charge in [0, 0.05) is 48.5 Å². The number of hydrogen-bond acceptors (Lipinski definition) is 5. The quantitative estimate of drug-likeness (QED) is 0.444. The summed E-state index contributed by atoms with van der Waals surface area (Å²) in [6.07, 6.45) is 8.47. The molecule has 0 bridgehead atoms. The fraction of sp³-hybridized carbons (Fsp3) is 0.250. The van der Waals surface area contributed by atoms with Crippen molar-refractivity contribution >= 4 is 17.0 Å². The predicted molar refractivity (Wildman–Crippen MR) is 121 cm³/mol. The van der Waals surface area contributed by atoms with E-state index in [9.17, 15) is 0 Å². The molecule has 0 aliphatic carbocycles. The first-order valence-corrected chi connectivity index (χ1v) is 10.7. The zero-order valence-electron chi connectivity index (χ0n) is 17.7. The Balaban J connectivity index is 1.39. The van der Waals surface area contributed by atoms with Gasteiger partial charge in [-0.3, -0.25) is 4.98 Å². The number of rotatable bonds is 3. The van der Waals surface area contributed by atoms with Gasteiger partial charge in [0.15, 0.2) is 11.5 Å². The molecule has 6 rings (SSSR count). The topological polar surface area (TPSA) is 63.6 Å². The van der Waals surface area contributed by atoms with Crippen molar-refractivity contribution in [1.29, 1.82) is 0 Å². The number of anilines is 1. The van der Waals surface area contributed by atoms with Crippen molar-refractivity contribution in [1.82, 2.24) is 29.0 Å². The summed E-state index contributed by atoms with van der Waals surface area (Å²) in [5, 5.41) is 4.69. The summed E-state index contributed by atoms with van der Waals surface area (Å²) in [7, 11) is 0. The fourth-order valence-electron chi connectivity index (χ4n) is 4.31. The molecule has 31 heavy (non-hydrogen) atoms. The smallest absolute Gasteiger partial charge is 0.182 e. The Kier molecular flexibility index (Phi) is 4.02. The van der Waals surface area contributed by atoms with Crippen molar-refractivity contribution in [2.45, 2.75) is 26.7 Å². The number of hydrogen-bond donors (Lipinski definition) is 0. The summed E-state index contributed by atoms with van der Waals surface area (Å²) in [6.45, 7) is 6.21. The minimum atomic E-state index is 0.683. The van der Waals surface area contributed by atoms with Gasteiger partial charge < -0.3 is 9.30 Å². The molecule has 0 spiro atoms. The van der Waals surface area contributed by atoms with E-state index < -0.39 is 0 Å². The maximum atomic E-state index is 4.90. The molecule has 1 aliphatic heterocycles. The molecule has 1 aromatic carbocycles. The molecule has 0 amide bonds. The summed E-state index contributed by atoms with van der Waals surface area (Å²) in [6, 6.07) is 12.8. The number of nitrogens with zero attached hydrogens (tertiary/aromatic N) is 7. The lowest BCUT2D eigenvalue weighted by atomic mass is 10.1. The molecule has 4 aromatic heterocycles. The molecule has 5 aromatic rings. The first-order chi connectivity index (χ1) is 15.2. The van der Waals surface area contributed by atoms with Gasteiger partial charge in [-0.05, 0) is 51.0 Å². The largest absolute Gasteiger partial charge is 0.372 e. The van der Waals surface area contributed by atoms with Crippen LogP contribution < -0.4 is 4.90 Å². The third-order valence-electron chi connectivity index (χ3n) is 6.04. The van der Waals surface area contributed by atoms with E-state index in [1.54, 1.807) is 0 Å². The van der Waals surface area contributed by atoms with Crippen molar-refractivity contribution in [3.8, 4) is 22.6 Å². The van der Waals surface area contributed by atoms with Crippen LogP contribution >= 0.6 is 0 Å². The van der Waals surface area contributed by atoms with Crippen LogP contribution in [0.2, 0.25) is 0 Å². The summed E-state index contributed by atoms with van der Waals surface area (Å²) < 4.78 is 3.90. The van der Waals surface area contributed by atoms with E-state index in [1.165, 1.54) is 18.5 Å². The molecule has 1 fully saturated rings. The maximum Gasteiger partial charge on any atom is 0.182 e. The SMILES string of the molecule is Cc1ncc(C)n2nc(-c3ccn4cc(-c5cccc(N6CCCC6)c5)nc4c3)nc12. The van der Waals surface area contributed by atoms with Crippen LogP contribution in [0.15, 0.2) is 55.0 Å². The van der Waals surface area contributed by atoms with Gasteiger partial charge in [-0.15, -0.1) is 5.10 Å². The van der Waals surface area contributed by atoms with Crippen LogP contribution in [0.1, 0.15) is 24.2 Å². The monoisotopic (exact) mass is 409 g/mol. The minimum Gasteiger partial charge on any atom is -0.372 e. The van der Waals surface area contributed by atoms with Crippen molar-refractivity contribution in [3.05, 3.63) is 66.4 Å². The summed E-state index contributed by atoms with van der Waals surface area (Å²) in [4.78, 5) is 16.5. The summed E-state index contributed by atoms with van der Waals surface area (Å²) in [5.74, 6) is 0.683. The average molecular weight is 409 g/mol. The molecule has 0 unspecified atom stereocenters. The lowest BCUT2D eigenvalue weighted by molar-refractivity contribution is 0.891. The van der Waals surface area contributed by atoms with Crippen LogP contribution in [0.4, 0.5) is 5.69 Å². The molecular weight excluding hydrogens is 386 g/mol. The zero-order chi connectivity index (χ0) is 20.9. The third kappa shape index (κ3) is 3.04. The normalized spacial score (nSPS) is 14.2. The Morgan fingerprint density at radius 2 is 1.81 bits per heavy atom. The Bertz CT molecular complexity index is 1380. The van der Waals surface area contributed by atoms with E-state index in [2.05, 4.69) is 44.7 Å². The average Bonchev–Trinajstić information content (AvgIpc) is 3.55. The van der Waals surface area contributed by atoms with Crippen molar-refractivity contribution in [2.75, 3.05) is 18.0 Å². The van der Waals surface area contributed by atoms with Gasteiger partial charge in [-0.25, -0.2) is 14.5 Å². The molecule has 0 radical (unpaired) electrons. The molecule has 7 heteroatoms. The lowest BCUT2D eigenvalue weighted by Crippen LogP contribution is -2.17. The molecule has 1 saturated heterocycles. The minimum absolute atomic E-state index is 0.683. The van der Waals surface area contributed by atoms with Crippen molar-refractivity contribution in [3.63, 3.8) is 0 Å². The van der Waals surface area contributed by atoms with E-state index in [1.807, 2.05) is 42.9 Å². The first kappa shape index (κ1) is 18.1. The molecule has 1 aliphatic rings. The van der Waals surface area contributed by atoms with Crippen LogP contribution in [-0.4, -0.2) is 42.1 Å². The van der Waals surface area contributed by atoms with Crippen LogP contribution in [0, 0.1) is 13.8 Å². The van der Waals surface area contributed by atoms with E-state index in [0.717, 1.165) is 52.6 Å².